The monoisotopic (exact) mass is 334 g/mol. The molecule has 1 aromatic carbocycles. The molecule has 0 aliphatic carbocycles. The minimum atomic E-state index is -3.54. The lowest BCUT2D eigenvalue weighted by atomic mass is 10.1. The van der Waals surface area contributed by atoms with Crippen molar-refractivity contribution in [3.05, 3.63) is 41.9 Å². The second kappa shape index (κ2) is 5.84. The van der Waals surface area contributed by atoms with Crippen LogP contribution in [0.1, 0.15) is 11.5 Å². The Morgan fingerprint density at radius 2 is 2.09 bits per heavy atom. The van der Waals surface area contributed by atoms with Gasteiger partial charge in [-0.25, -0.2) is 8.42 Å². The van der Waals surface area contributed by atoms with E-state index in [1.807, 2.05) is 24.3 Å². The topological polar surface area (TPSA) is 118 Å². The maximum atomic E-state index is 12.0. The maximum Gasteiger partial charge on any atom is 0.335 e. The van der Waals surface area contributed by atoms with Crippen LogP contribution in [0.25, 0.3) is 10.9 Å². The van der Waals surface area contributed by atoms with Crippen molar-refractivity contribution in [2.45, 2.75) is 18.2 Å². The summed E-state index contributed by atoms with van der Waals surface area (Å²) in [5.74, 6) is -0.188. The van der Waals surface area contributed by atoms with Crippen molar-refractivity contribution in [2.24, 2.45) is 0 Å². The summed E-state index contributed by atoms with van der Waals surface area (Å²) in [6.45, 7) is -0.0241. The molecule has 9 heteroatoms. The van der Waals surface area contributed by atoms with E-state index >= 15 is 0 Å². The highest BCUT2D eigenvalue weighted by atomic mass is 32.2. The molecule has 23 heavy (non-hydrogen) atoms. The van der Waals surface area contributed by atoms with Crippen LogP contribution in [0.2, 0.25) is 0 Å². The lowest BCUT2D eigenvalue weighted by Crippen LogP contribution is -2.24. The molecule has 0 saturated carbocycles. The number of nitrogens with zero attached hydrogens (tertiary/aromatic N) is 2. The predicted octanol–water partition coefficient (Wildman–Crippen LogP) is 0.813. The van der Waals surface area contributed by atoms with Gasteiger partial charge in [0.2, 0.25) is 21.6 Å². The number of hydrogen-bond donors (Lipinski definition) is 2. The number of nitrogens with one attached hydrogen (secondary N) is 2. The number of carbonyl (C=O) groups excluding carboxylic acids is 1. The molecule has 0 fully saturated rings. The van der Waals surface area contributed by atoms with Crippen LogP contribution in [0.15, 0.2) is 40.1 Å². The Kier molecular flexibility index (Phi) is 3.87. The van der Waals surface area contributed by atoms with Crippen LogP contribution in [0.3, 0.4) is 0 Å². The van der Waals surface area contributed by atoms with E-state index < -0.39 is 15.1 Å². The van der Waals surface area contributed by atoms with Gasteiger partial charge in [-0.3, -0.25) is 4.79 Å². The summed E-state index contributed by atoms with van der Waals surface area (Å²) < 4.78 is 27.4. The Hall–Kier alpha value is -2.68. The first-order valence-electron chi connectivity index (χ1n) is 6.77. The predicted molar refractivity (Wildman–Crippen MR) is 81.3 cm³/mol. The van der Waals surface area contributed by atoms with Crippen molar-refractivity contribution in [3.63, 3.8) is 0 Å². The summed E-state index contributed by atoms with van der Waals surface area (Å²) in [5.41, 5.74) is 1.84. The van der Waals surface area contributed by atoms with Crippen molar-refractivity contribution >= 4 is 26.6 Å². The van der Waals surface area contributed by atoms with Crippen LogP contribution < -0.4 is 5.32 Å². The highest BCUT2D eigenvalue weighted by Gasteiger charge is 2.17. The van der Waals surface area contributed by atoms with Crippen molar-refractivity contribution in [1.82, 2.24) is 20.5 Å². The quantitative estimate of drug-likeness (QED) is 0.713. The van der Waals surface area contributed by atoms with Gasteiger partial charge in [-0.15, -0.1) is 5.10 Å². The van der Waals surface area contributed by atoms with E-state index in [-0.39, 0.29) is 24.8 Å². The van der Waals surface area contributed by atoms with E-state index in [1.165, 1.54) is 0 Å². The van der Waals surface area contributed by atoms with Gasteiger partial charge in [0.1, 0.15) is 0 Å². The number of benzene rings is 1. The molecule has 3 rings (SSSR count). The van der Waals surface area contributed by atoms with Crippen molar-refractivity contribution in [1.29, 1.82) is 0 Å². The molecule has 3 aromatic rings. The largest absolute Gasteiger partial charge is 0.411 e. The van der Waals surface area contributed by atoms with E-state index in [0.717, 1.165) is 22.7 Å². The summed E-state index contributed by atoms with van der Waals surface area (Å²) in [7, 11) is -3.54. The average Bonchev–Trinajstić information content (AvgIpc) is 3.12. The van der Waals surface area contributed by atoms with Crippen LogP contribution in [-0.4, -0.2) is 35.8 Å². The highest BCUT2D eigenvalue weighted by Crippen LogP contribution is 2.18. The summed E-state index contributed by atoms with van der Waals surface area (Å²) >= 11 is 0. The third-order valence-electron chi connectivity index (χ3n) is 3.23. The molecular weight excluding hydrogens is 320 g/mol. The standard InChI is InChI=1S/C14H14N4O4S/c1-23(20,21)14-18-17-13(22-14)8-16-12(19)6-9-7-15-11-5-3-2-4-10(9)11/h2-5,7,15H,6,8H2,1H3,(H,16,19). The van der Waals surface area contributed by atoms with Crippen molar-refractivity contribution in [3.8, 4) is 0 Å². The Labute approximate surface area is 131 Å². The molecule has 0 saturated heterocycles. The molecule has 0 radical (unpaired) electrons. The van der Waals surface area contributed by atoms with Gasteiger partial charge >= 0.3 is 5.22 Å². The molecule has 1 amide bonds. The number of hydrogen-bond acceptors (Lipinski definition) is 6. The Morgan fingerprint density at radius 1 is 1.30 bits per heavy atom. The van der Waals surface area contributed by atoms with Gasteiger partial charge in [0, 0.05) is 23.4 Å². The van der Waals surface area contributed by atoms with Crippen LogP contribution in [-0.2, 0) is 27.6 Å². The van der Waals surface area contributed by atoms with Gasteiger partial charge < -0.3 is 14.7 Å². The fourth-order valence-corrected chi connectivity index (χ4v) is 2.58. The summed E-state index contributed by atoms with van der Waals surface area (Å²) in [5, 5.41) is 10.2. The van der Waals surface area contributed by atoms with E-state index in [9.17, 15) is 13.2 Å². The van der Waals surface area contributed by atoms with Gasteiger partial charge in [0.25, 0.3) is 0 Å². The molecule has 2 aromatic heterocycles. The van der Waals surface area contributed by atoms with Gasteiger partial charge in [-0.05, 0) is 11.6 Å². The number of aromatic nitrogens is 3. The van der Waals surface area contributed by atoms with E-state index in [0.29, 0.717) is 0 Å². The van der Waals surface area contributed by atoms with Gasteiger partial charge in [0.05, 0.1) is 13.0 Å². The van der Waals surface area contributed by atoms with Crippen LogP contribution in [0.4, 0.5) is 0 Å². The van der Waals surface area contributed by atoms with Crippen molar-refractivity contribution < 1.29 is 17.6 Å². The number of H-pyrrole nitrogens is 1. The zero-order valence-corrected chi connectivity index (χ0v) is 13.1. The Balaban J connectivity index is 1.63. The lowest BCUT2D eigenvalue weighted by molar-refractivity contribution is -0.120. The minimum Gasteiger partial charge on any atom is -0.411 e. The molecule has 0 atom stereocenters. The number of fused-ring (bicyclic) bond motifs is 1. The molecule has 0 spiro atoms. The molecule has 0 unspecified atom stereocenters. The zero-order valence-electron chi connectivity index (χ0n) is 12.2. The first-order chi connectivity index (χ1) is 10.9. The summed E-state index contributed by atoms with van der Waals surface area (Å²) in [4.78, 5) is 15.1. The van der Waals surface area contributed by atoms with Crippen LogP contribution in [0, 0.1) is 0 Å². The molecule has 0 bridgehead atoms. The normalized spacial score (nSPS) is 11.7. The molecule has 0 aliphatic heterocycles. The Bertz CT molecular complexity index is 958. The zero-order chi connectivity index (χ0) is 16.4. The van der Waals surface area contributed by atoms with Gasteiger partial charge in [0.15, 0.2) is 0 Å². The van der Waals surface area contributed by atoms with Crippen LogP contribution >= 0.6 is 0 Å². The molecule has 2 heterocycles. The average molecular weight is 334 g/mol. The number of para-hydroxylation sites is 1. The first kappa shape index (κ1) is 15.2. The van der Waals surface area contributed by atoms with Gasteiger partial charge in [-0.2, -0.15) is 0 Å². The molecule has 8 nitrogen and oxygen atoms in total. The van der Waals surface area contributed by atoms with Gasteiger partial charge in [-0.1, -0.05) is 23.3 Å². The SMILES string of the molecule is CS(=O)(=O)c1nnc(CNC(=O)Cc2c[nH]c3ccccc23)o1. The summed E-state index contributed by atoms with van der Waals surface area (Å²) in [6, 6.07) is 7.69. The minimum absolute atomic E-state index is 0.0241. The van der Waals surface area contributed by atoms with E-state index in [4.69, 9.17) is 4.42 Å². The number of aromatic amines is 1. The first-order valence-corrected chi connectivity index (χ1v) is 8.67. The Morgan fingerprint density at radius 3 is 2.83 bits per heavy atom. The highest BCUT2D eigenvalue weighted by molar-refractivity contribution is 7.90. The number of amides is 1. The van der Waals surface area contributed by atoms with E-state index in [1.54, 1.807) is 6.20 Å². The molecular formula is C14H14N4O4S. The third kappa shape index (κ3) is 3.39. The fourth-order valence-electron chi connectivity index (χ4n) is 2.15. The number of sulfone groups is 1. The second-order valence-corrected chi connectivity index (χ2v) is 6.94. The number of rotatable bonds is 5. The maximum absolute atomic E-state index is 12.0. The summed E-state index contributed by atoms with van der Waals surface area (Å²) in [6.07, 6.45) is 2.95. The third-order valence-corrected chi connectivity index (χ3v) is 4.03. The molecule has 2 N–H and O–H groups in total. The van der Waals surface area contributed by atoms with Crippen LogP contribution in [0.5, 0.6) is 0 Å². The lowest BCUT2D eigenvalue weighted by Gasteiger charge is -2.01. The molecule has 120 valence electrons. The molecule has 0 aliphatic rings. The smallest absolute Gasteiger partial charge is 0.335 e. The van der Waals surface area contributed by atoms with E-state index in [2.05, 4.69) is 20.5 Å². The fraction of sp³-hybridized carbons (Fsp3) is 0.214. The second-order valence-electron chi connectivity index (χ2n) is 5.05. The van der Waals surface area contributed by atoms with Crippen molar-refractivity contribution in [2.75, 3.05) is 6.26 Å². The number of carbonyl (C=O) groups is 1.